The molecule has 0 aliphatic carbocycles. The van der Waals surface area contributed by atoms with Crippen molar-refractivity contribution in [2.45, 2.75) is 45.2 Å². The second-order valence-corrected chi connectivity index (χ2v) is 8.70. The minimum absolute atomic E-state index is 0.0566. The van der Waals surface area contributed by atoms with Gasteiger partial charge in [0.15, 0.2) is 0 Å². The van der Waals surface area contributed by atoms with Gasteiger partial charge >= 0.3 is 0 Å². The SMILES string of the molecule is CCCOc1ccccc1CCN1CCC(CN2Cc3ccccc3C2C=O)CC1. The number of likely N-dealkylation sites (tertiary alicyclic amines) is 1. The van der Waals surface area contributed by atoms with Crippen LogP contribution in [0.25, 0.3) is 0 Å². The van der Waals surface area contributed by atoms with Crippen molar-refractivity contribution in [3.63, 3.8) is 0 Å². The average Bonchev–Trinajstić information content (AvgIpc) is 3.14. The van der Waals surface area contributed by atoms with Crippen LogP contribution in [-0.4, -0.2) is 48.9 Å². The number of rotatable bonds is 9. The lowest BCUT2D eigenvalue weighted by atomic mass is 9.95. The Morgan fingerprint density at radius 2 is 1.83 bits per heavy atom. The maximum absolute atomic E-state index is 11.7. The minimum atomic E-state index is -0.0566. The van der Waals surface area contributed by atoms with E-state index in [-0.39, 0.29) is 6.04 Å². The number of fused-ring (bicyclic) bond motifs is 1. The first-order chi connectivity index (χ1) is 14.8. The number of carbonyl (C=O) groups excluding carboxylic acids is 1. The van der Waals surface area contributed by atoms with Gasteiger partial charge < -0.3 is 14.4 Å². The number of hydrogen-bond donors (Lipinski definition) is 0. The summed E-state index contributed by atoms with van der Waals surface area (Å²) in [5.41, 5.74) is 3.83. The number of hydrogen-bond acceptors (Lipinski definition) is 4. The Bertz CT molecular complexity index is 829. The van der Waals surface area contributed by atoms with E-state index in [0.29, 0.717) is 5.92 Å². The van der Waals surface area contributed by atoms with Gasteiger partial charge in [-0.3, -0.25) is 4.90 Å². The molecule has 0 amide bonds. The predicted octanol–water partition coefficient (Wildman–Crippen LogP) is 4.49. The van der Waals surface area contributed by atoms with Gasteiger partial charge in [-0.1, -0.05) is 49.4 Å². The van der Waals surface area contributed by atoms with E-state index < -0.39 is 0 Å². The van der Waals surface area contributed by atoms with E-state index >= 15 is 0 Å². The maximum atomic E-state index is 11.7. The zero-order valence-corrected chi connectivity index (χ0v) is 18.1. The number of ether oxygens (including phenoxy) is 1. The van der Waals surface area contributed by atoms with E-state index in [1.54, 1.807) is 0 Å². The molecule has 0 N–H and O–H groups in total. The molecule has 0 saturated carbocycles. The zero-order chi connectivity index (χ0) is 20.8. The Morgan fingerprint density at radius 3 is 2.63 bits per heavy atom. The second kappa shape index (κ2) is 10.2. The molecule has 4 nitrogen and oxygen atoms in total. The second-order valence-electron chi connectivity index (χ2n) is 8.70. The lowest BCUT2D eigenvalue weighted by Crippen LogP contribution is -2.39. The van der Waals surface area contributed by atoms with Crippen molar-refractivity contribution in [1.82, 2.24) is 9.80 Å². The molecule has 2 aromatic rings. The van der Waals surface area contributed by atoms with Crippen LogP contribution < -0.4 is 4.74 Å². The van der Waals surface area contributed by atoms with Gasteiger partial charge in [0.1, 0.15) is 12.0 Å². The predicted molar refractivity (Wildman–Crippen MR) is 121 cm³/mol. The zero-order valence-electron chi connectivity index (χ0n) is 18.1. The first kappa shape index (κ1) is 21.1. The van der Waals surface area contributed by atoms with Crippen molar-refractivity contribution in [3.05, 3.63) is 65.2 Å². The van der Waals surface area contributed by atoms with Crippen molar-refractivity contribution >= 4 is 6.29 Å². The van der Waals surface area contributed by atoms with Gasteiger partial charge in [0, 0.05) is 19.6 Å². The lowest BCUT2D eigenvalue weighted by Gasteiger charge is -2.34. The van der Waals surface area contributed by atoms with Crippen LogP contribution >= 0.6 is 0 Å². The summed E-state index contributed by atoms with van der Waals surface area (Å²) in [4.78, 5) is 16.7. The van der Waals surface area contributed by atoms with Crippen LogP contribution in [0.2, 0.25) is 0 Å². The number of aldehydes is 1. The molecule has 1 saturated heterocycles. The summed E-state index contributed by atoms with van der Waals surface area (Å²) >= 11 is 0. The molecule has 0 aromatic heterocycles. The number of carbonyl (C=O) groups is 1. The summed E-state index contributed by atoms with van der Waals surface area (Å²) < 4.78 is 5.91. The van der Waals surface area contributed by atoms with Gasteiger partial charge in [0.25, 0.3) is 0 Å². The maximum Gasteiger partial charge on any atom is 0.141 e. The number of para-hydroxylation sites is 1. The van der Waals surface area contributed by atoms with Crippen molar-refractivity contribution in [2.24, 2.45) is 5.92 Å². The molecule has 2 heterocycles. The smallest absolute Gasteiger partial charge is 0.141 e. The summed E-state index contributed by atoms with van der Waals surface area (Å²) in [6.45, 7) is 8.25. The molecule has 0 radical (unpaired) electrons. The van der Waals surface area contributed by atoms with Crippen molar-refractivity contribution in [1.29, 1.82) is 0 Å². The first-order valence-electron chi connectivity index (χ1n) is 11.5. The topological polar surface area (TPSA) is 32.8 Å². The van der Waals surface area contributed by atoms with Crippen LogP contribution in [0.4, 0.5) is 0 Å². The largest absolute Gasteiger partial charge is 0.493 e. The van der Waals surface area contributed by atoms with Crippen LogP contribution in [-0.2, 0) is 17.8 Å². The van der Waals surface area contributed by atoms with Gasteiger partial charge in [-0.25, -0.2) is 0 Å². The summed E-state index contributed by atoms with van der Waals surface area (Å²) in [5.74, 6) is 1.72. The molecule has 160 valence electrons. The Morgan fingerprint density at radius 1 is 1.07 bits per heavy atom. The molecule has 1 atom stereocenters. The van der Waals surface area contributed by atoms with E-state index in [0.717, 1.165) is 64.2 Å². The van der Waals surface area contributed by atoms with Gasteiger partial charge in [-0.05, 0) is 67.4 Å². The summed E-state index contributed by atoms with van der Waals surface area (Å²) in [6.07, 6.45) is 5.63. The molecule has 1 fully saturated rings. The molecule has 2 aliphatic heterocycles. The molecule has 0 bridgehead atoms. The van der Waals surface area contributed by atoms with E-state index in [2.05, 4.69) is 59.2 Å². The number of benzene rings is 2. The minimum Gasteiger partial charge on any atom is -0.493 e. The van der Waals surface area contributed by atoms with Crippen molar-refractivity contribution in [3.8, 4) is 5.75 Å². The molecule has 0 spiro atoms. The Hall–Kier alpha value is -2.17. The molecular formula is C26H34N2O2. The Labute approximate surface area is 180 Å². The molecule has 1 unspecified atom stereocenters. The highest BCUT2D eigenvalue weighted by molar-refractivity contribution is 5.64. The fraction of sp³-hybridized carbons (Fsp3) is 0.500. The molecular weight excluding hydrogens is 372 g/mol. The highest BCUT2D eigenvalue weighted by Gasteiger charge is 2.32. The number of nitrogens with zero attached hydrogens (tertiary/aromatic N) is 2. The van der Waals surface area contributed by atoms with Crippen LogP contribution in [0, 0.1) is 5.92 Å². The van der Waals surface area contributed by atoms with Crippen LogP contribution in [0.3, 0.4) is 0 Å². The quantitative estimate of drug-likeness (QED) is 0.575. The monoisotopic (exact) mass is 406 g/mol. The molecule has 2 aromatic carbocycles. The summed E-state index contributed by atoms with van der Waals surface area (Å²) in [7, 11) is 0. The summed E-state index contributed by atoms with van der Waals surface area (Å²) in [6, 6.07) is 16.8. The fourth-order valence-electron chi connectivity index (χ4n) is 4.88. The van der Waals surface area contributed by atoms with Crippen molar-refractivity contribution in [2.75, 3.05) is 32.8 Å². The Kier molecular flexibility index (Phi) is 7.19. The Balaban J connectivity index is 1.25. The average molecular weight is 407 g/mol. The van der Waals surface area contributed by atoms with Gasteiger partial charge in [-0.2, -0.15) is 0 Å². The van der Waals surface area contributed by atoms with Crippen LogP contribution in [0.15, 0.2) is 48.5 Å². The molecule has 4 rings (SSSR count). The van der Waals surface area contributed by atoms with E-state index in [1.165, 1.54) is 29.5 Å². The molecule has 30 heavy (non-hydrogen) atoms. The molecule has 2 aliphatic rings. The first-order valence-corrected chi connectivity index (χ1v) is 11.5. The van der Waals surface area contributed by atoms with E-state index in [9.17, 15) is 4.79 Å². The standard InChI is InChI=1S/C26H34N2O2/c1-2-17-30-26-10-6-4-7-22(26)13-16-27-14-11-21(12-15-27)18-28-19-23-8-3-5-9-24(23)25(28)20-29/h3-10,20-21,25H,2,11-19H2,1H3. The lowest BCUT2D eigenvalue weighted by molar-refractivity contribution is -0.112. The summed E-state index contributed by atoms with van der Waals surface area (Å²) in [5, 5.41) is 0. The van der Waals surface area contributed by atoms with E-state index in [4.69, 9.17) is 4.74 Å². The van der Waals surface area contributed by atoms with Gasteiger partial charge in [0.05, 0.1) is 12.6 Å². The third-order valence-corrected chi connectivity index (χ3v) is 6.60. The normalized spacial score (nSPS) is 20.2. The number of piperidine rings is 1. The third-order valence-electron chi connectivity index (χ3n) is 6.60. The highest BCUT2D eigenvalue weighted by Crippen LogP contribution is 2.34. The van der Waals surface area contributed by atoms with E-state index in [1.807, 2.05) is 6.07 Å². The van der Waals surface area contributed by atoms with Crippen LogP contribution in [0.5, 0.6) is 5.75 Å². The highest BCUT2D eigenvalue weighted by atomic mass is 16.5. The fourth-order valence-corrected chi connectivity index (χ4v) is 4.88. The third kappa shape index (κ3) is 4.93. The molecule has 4 heteroatoms. The van der Waals surface area contributed by atoms with Crippen molar-refractivity contribution < 1.29 is 9.53 Å². The van der Waals surface area contributed by atoms with Gasteiger partial charge in [0.2, 0.25) is 0 Å². The van der Waals surface area contributed by atoms with Crippen LogP contribution in [0.1, 0.15) is 48.9 Å². The van der Waals surface area contributed by atoms with Gasteiger partial charge in [-0.15, -0.1) is 0 Å².